The number of rotatable bonds is 3. The van der Waals surface area contributed by atoms with Crippen molar-refractivity contribution in [2.75, 3.05) is 18.4 Å². The number of fused-ring (bicyclic) bond motifs is 1. The van der Waals surface area contributed by atoms with E-state index >= 15 is 0 Å². The Labute approximate surface area is 116 Å². The molecule has 0 aromatic carbocycles. The molecule has 4 nitrogen and oxygen atoms in total. The Morgan fingerprint density at radius 3 is 2.74 bits per heavy atom. The summed E-state index contributed by atoms with van der Waals surface area (Å²) in [6.07, 6.45) is 6.05. The third kappa shape index (κ3) is 2.50. The first-order chi connectivity index (χ1) is 9.31. The van der Waals surface area contributed by atoms with E-state index in [-0.39, 0.29) is 0 Å². The largest absolute Gasteiger partial charge is 0.367 e. The fraction of sp³-hybridized carbons (Fsp3) is 0.800. The second-order valence-electron chi connectivity index (χ2n) is 5.97. The number of hydrogen-bond acceptors (Lipinski definition) is 3. The van der Waals surface area contributed by atoms with Crippen LogP contribution in [0.15, 0.2) is 6.07 Å². The van der Waals surface area contributed by atoms with Crippen molar-refractivity contribution in [2.24, 2.45) is 0 Å². The lowest BCUT2D eigenvalue weighted by molar-refractivity contribution is 0.356. The van der Waals surface area contributed by atoms with Crippen molar-refractivity contribution >= 4 is 5.82 Å². The molecule has 1 aromatic rings. The molecule has 3 rings (SSSR count). The first-order valence-electron chi connectivity index (χ1n) is 7.88. The molecule has 1 aromatic heterocycles. The molecule has 1 fully saturated rings. The average molecular weight is 262 g/mol. The predicted octanol–water partition coefficient (Wildman–Crippen LogP) is 2.90. The Morgan fingerprint density at radius 2 is 2.05 bits per heavy atom. The lowest BCUT2D eigenvalue weighted by atomic mass is 9.95. The predicted molar refractivity (Wildman–Crippen MR) is 78.7 cm³/mol. The van der Waals surface area contributed by atoms with Crippen LogP contribution in [0.4, 0.5) is 5.82 Å². The van der Waals surface area contributed by atoms with Crippen LogP contribution in [0.25, 0.3) is 0 Å². The SMILES string of the molecule is CCC1CC(CC)n2nc(C3CCNCC3)cc2N1. The van der Waals surface area contributed by atoms with Crippen LogP contribution in [-0.2, 0) is 0 Å². The van der Waals surface area contributed by atoms with Gasteiger partial charge in [-0.15, -0.1) is 0 Å². The number of hydrogen-bond donors (Lipinski definition) is 2. The maximum atomic E-state index is 4.92. The summed E-state index contributed by atoms with van der Waals surface area (Å²) in [6, 6.07) is 3.51. The molecule has 0 spiro atoms. The van der Waals surface area contributed by atoms with Crippen LogP contribution in [0.5, 0.6) is 0 Å². The number of anilines is 1. The highest BCUT2D eigenvalue weighted by Gasteiger charge is 2.28. The maximum absolute atomic E-state index is 4.92. The summed E-state index contributed by atoms with van der Waals surface area (Å²) >= 11 is 0. The number of nitrogens with zero attached hydrogens (tertiary/aromatic N) is 2. The first-order valence-corrected chi connectivity index (χ1v) is 7.88. The molecular weight excluding hydrogens is 236 g/mol. The van der Waals surface area contributed by atoms with E-state index in [1.165, 1.54) is 43.6 Å². The van der Waals surface area contributed by atoms with Crippen LogP contribution < -0.4 is 10.6 Å². The Morgan fingerprint density at radius 1 is 1.26 bits per heavy atom. The molecule has 2 atom stereocenters. The number of nitrogens with one attached hydrogen (secondary N) is 2. The highest BCUT2D eigenvalue weighted by Crippen LogP contribution is 2.34. The van der Waals surface area contributed by atoms with Gasteiger partial charge in [-0.1, -0.05) is 13.8 Å². The van der Waals surface area contributed by atoms with E-state index in [2.05, 4.69) is 35.2 Å². The molecule has 1 saturated heterocycles. The van der Waals surface area contributed by atoms with Crippen LogP contribution in [0, 0.1) is 0 Å². The molecule has 0 saturated carbocycles. The van der Waals surface area contributed by atoms with Gasteiger partial charge in [0.25, 0.3) is 0 Å². The van der Waals surface area contributed by atoms with E-state index in [1.807, 2.05) is 0 Å². The summed E-state index contributed by atoms with van der Waals surface area (Å²) < 4.78 is 2.25. The minimum absolute atomic E-state index is 0.580. The van der Waals surface area contributed by atoms with Gasteiger partial charge in [0.2, 0.25) is 0 Å². The van der Waals surface area contributed by atoms with Crippen molar-refractivity contribution in [1.82, 2.24) is 15.1 Å². The smallest absolute Gasteiger partial charge is 0.125 e. The van der Waals surface area contributed by atoms with Crippen molar-refractivity contribution in [3.8, 4) is 0 Å². The van der Waals surface area contributed by atoms with Crippen LogP contribution in [0.3, 0.4) is 0 Å². The Kier molecular flexibility index (Phi) is 3.78. The third-order valence-corrected chi connectivity index (χ3v) is 4.73. The number of piperidine rings is 1. The Balaban J connectivity index is 1.84. The van der Waals surface area contributed by atoms with Gasteiger partial charge in [0.15, 0.2) is 0 Å². The van der Waals surface area contributed by atoms with E-state index in [1.54, 1.807) is 0 Å². The Hall–Kier alpha value is -1.03. The van der Waals surface area contributed by atoms with Crippen molar-refractivity contribution in [3.63, 3.8) is 0 Å². The van der Waals surface area contributed by atoms with E-state index in [9.17, 15) is 0 Å². The molecule has 2 N–H and O–H groups in total. The van der Waals surface area contributed by atoms with Gasteiger partial charge >= 0.3 is 0 Å². The lowest BCUT2D eigenvalue weighted by Crippen LogP contribution is -2.31. The molecule has 2 aliphatic heterocycles. The van der Waals surface area contributed by atoms with Gasteiger partial charge in [0.05, 0.1) is 11.7 Å². The maximum Gasteiger partial charge on any atom is 0.125 e. The van der Waals surface area contributed by atoms with Crippen LogP contribution >= 0.6 is 0 Å². The zero-order valence-corrected chi connectivity index (χ0v) is 12.2. The fourth-order valence-electron chi connectivity index (χ4n) is 3.42. The highest BCUT2D eigenvalue weighted by molar-refractivity contribution is 5.41. The lowest BCUT2D eigenvalue weighted by Gasteiger charge is -2.31. The van der Waals surface area contributed by atoms with Crippen LogP contribution in [0.2, 0.25) is 0 Å². The van der Waals surface area contributed by atoms with Crippen molar-refractivity contribution < 1.29 is 0 Å². The molecular formula is C15H26N4. The zero-order chi connectivity index (χ0) is 13.2. The molecule has 0 amide bonds. The molecule has 3 heterocycles. The van der Waals surface area contributed by atoms with E-state index in [4.69, 9.17) is 5.10 Å². The van der Waals surface area contributed by atoms with Gasteiger partial charge in [-0.3, -0.25) is 0 Å². The van der Waals surface area contributed by atoms with Crippen molar-refractivity contribution in [2.45, 2.75) is 64.0 Å². The second-order valence-corrected chi connectivity index (χ2v) is 5.97. The summed E-state index contributed by atoms with van der Waals surface area (Å²) in [6.45, 7) is 6.81. The standard InChI is InChI=1S/C15H26N4/c1-3-12-9-13(4-2)19-15(17-12)10-14(18-19)11-5-7-16-8-6-11/h10-13,16-17H,3-9H2,1-2H3. The van der Waals surface area contributed by atoms with Crippen LogP contribution in [0.1, 0.15) is 63.6 Å². The quantitative estimate of drug-likeness (QED) is 0.880. The van der Waals surface area contributed by atoms with Crippen LogP contribution in [-0.4, -0.2) is 28.9 Å². The first kappa shape index (κ1) is 13.0. The summed E-state index contributed by atoms with van der Waals surface area (Å²) in [5.74, 6) is 1.90. The molecule has 0 aliphatic carbocycles. The van der Waals surface area contributed by atoms with E-state index in [0.29, 0.717) is 18.0 Å². The molecule has 4 heteroatoms. The minimum atomic E-state index is 0.580. The average Bonchev–Trinajstić information content (AvgIpc) is 2.91. The molecule has 19 heavy (non-hydrogen) atoms. The monoisotopic (exact) mass is 262 g/mol. The normalized spacial score (nSPS) is 27.9. The molecule has 106 valence electrons. The fourth-order valence-corrected chi connectivity index (χ4v) is 3.42. The van der Waals surface area contributed by atoms with Crippen molar-refractivity contribution in [3.05, 3.63) is 11.8 Å². The second kappa shape index (κ2) is 5.53. The summed E-state index contributed by atoms with van der Waals surface area (Å²) in [5.41, 5.74) is 1.30. The van der Waals surface area contributed by atoms with Gasteiger partial charge in [-0.05, 0) is 45.2 Å². The van der Waals surface area contributed by atoms with Crippen molar-refractivity contribution in [1.29, 1.82) is 0 Å². The van der Waals surface area contributed by atoms with Gasteiger partial charge < -0.3 is 10.6 Å². The summed E-state index contributed by atoms with van der Waals surface area (Å²) in [4.78, 5) is 0. The topological polar surface area (TPSA) is 41.9 Å². The molecule has 2 unspecified atom stereocenters. The van der Waals surface area contributed by atoms with E-state index < -0.39 is 0 Å². The highest BCUT2D eigenvalue weighted by atomic mass is 15.4. The van der Waals surface area contributed by atoms with Gasteiger partial charge in [0.1, 0.15) is 5.82 Å². The summed E-state index contributed by atoms with van der Waals surface area (Å²) in [5, 5.41) is 12.0. The van der Waals surface area contributed by atoms with Gasteiger partial charge in [-0.25, -0.2) is 4.68 Å². The molecule has 0 radical (unpaired) electrons. The zero-order valence-electron chi connectivity index (χ0n) is 12.2. The number of aromatic nitrogens is 2. The molecule has 0 bridgehead atoms. The van der Waals surface area contributed by atoms with E-state index in [0.717, 1.165) is 13.1 Å². The minimum Gasteiger partial charge on any atom is -0.367 e. The molecule has 2 aliphatic rings. The summed E-state index contributed by atoms with van der Waals surface area (Å²) in [7, 11) is 0. The van der Waals surface area contributed by atoms with Gasteiger partial charge in [-0.2, -0.15) is 5.10 Å². The third-order valence-electron chi connectivity index (χ3n) is 4.73. The Bertz CT molecular complexity index is 420. The van der Waals surface area contributed by atoms with Gasteiger partial charge in [0, 0.05) is 18.0 Å².